The van der Waals surface area contributed by atoms with Gasteiger partial charge in [0.1, 0.15) is 12.2 Å². The molecule has 0 saturated heterocycles. The van der Waals surface area contributed by atoms with Crippen LogP contribution in [0, 0.1) is 17.3 Å². The molecule has 4 fully saturated rings. The molecule has 0 spiro atoms. The zero-order valence-electron chi connectivity index (χ0n) is 13.6. The van der Waals surface area contributed by atoms with E-state index in [-0.39, 0.29) is 29.6 Å². The van der Waals surface area contributed by atoms with E-state index in [1.165, 1.54) is 13.3 Å². The third-order valence-corrected chi connectivity index (χ3v) is 5.46. The van der Waals surface area contributed by atoms with Crippen molar-refractivity contribution in [1.82, 2.24) is 0 Å². The van der Waals surface area contributed by atoms with E-state index in [1.54, 1.807) is 0 Å². The second-order valence-corrected chi connectivity index (χ2v) is 7.54. The lowest BCUT2D eigenvalue weighted by atomic mass is 9.48. The van der Waals surface area contributed by atoms with Gasteiger partial charge in [0.25, 0.3) is 0 Å². The molecule has 4 rings (SSSR count). The van der Waals surface area contributed by atoms with Crippen molar-refractivity contribution in [2.24, 2.45) is 17.3 Å². The van der Waals surface area contributed by atoms with E-state index in [9.17, 15) is 9.59 Å². The van der Waals surface area contributed by atoms with Gasteiger partial charge in [0, 0.05) is 18.9 Å². The van der Waals surface area contributed by atoms with Gasteiger partial charge in [0.2, 0.25) is 0 Å². The molecular weight excluding hydrogens is 284 g/mol. The van der Waals surface area contributed by atoms with Gasteiger partial charge in [0.05, 0.1) is 6.61 Å². The van der Waals surface area contributed by atoms with E-state index >= 15 is 0 Å². The molecule has 0 radical (unpaired) electrons. The first-order chi connectivity index (χ1) is 10.4. The summed E-state index contributed by atoms with van der Waals surface area (Å²) < 4.78 is 16.4. The van der Waals surface area contributed by atoms with E-state index in [0.29, 0.717) is 25.0 Å². The van der Waals surface area contributed by atoms with Crippen molar-refractivity contribution in [3.63, 3.8) is 0 Å². The Bertz CT molecular complexity index is 444. The molecule has 4 saturated carbocycles. The first kappa shape index (κ1) is 15.8. The molecule has 124 valence electrons. The Morgan fingerprint density at radius 3 is 2.41 bits per heavy atom. The summed E-state index contributed by atoms with van der Waals surface area (Å²) in [5.41, 5.74) is -0.333. The van der Waals surface area contributed by atoms with Gasteiger partial charge in [0.15, 0.2) is 0 Å². The Labute approximate surface area is 131 Å². The third-order valence-electron chi connectivity index (χ3n) is 5.46. The molecule has 0 N–H and O–H groups in total. The van der Waals surface area contributed by atoms with Crippen LogP contribution in [0.2, 0.25) is 0 Å². The van der Waals surface area contributed by atoms with Crippen LogP contribution in [-0.2, 0) is 23.8 Å². The lowest BCUT2D eigenvalue weighted by Crippen LogP contribution is -2.58. The zero-order valence-corrected chi connectivity index (χ0v) is 13.6. The van der Waals surface area contributed by atoms with Gasteiger partial charge >= 0.3 is 11.9 Å². The van der Waals surface area contributed by atoms with Crippen molar-refractivity contribution < 1.29 is 23.8 Å². The second-order valence-electron chi connectivity index (χ2n) is 7.54. The van der Waals surface area contributed by atoms with Gasteiger partial charge < -0.3 is 14.2 Å². The molecule has 4 aliphatic carbocycles. The van der Waals surface area contributed by atoms with Crippen molar-refractivity contribution in [3.8, 4) is 0 Å². The maximum atomic E-state index is 12.0. The molecule has 5 nitrogen and oxygen atoms in total. The van der Waals surface area contributed by atoms with Crippen LogP contribution in [0.1, 0.15) is 52.4 Å². The quantitative estimate of drug-likeness (QED) is 0.705. The third kappa shape index (κ3) is 3.14. The zero-order chi connectivity index (χ0) is 15.8. The van der Waals surface area contributed by atoms with Crippen LogP contribution in [0.25, 0.3) is 0 Å². The highest BCUT2D eigenvalue weighted by molar-refractivity contribution is 5.71. The monoisotopic (exact) mass is 310 g/mol. The summed E-state index contributed by atoms with van der Waals surface area (Å²) in [6, 6.07) is 0. The summed E-state index contributed by atoms with van der Waals surface area (Å²) in [6.07, 6.45) is 6.18. The smallest absolute Gasteiger partial charge is 0.332 e. The van der Waals surface area contributed by atoms with Gasteiger partial charge in [-0.25, -0.2) is 4.79 Å². The van der Waals surface area contributed by atoms with Crippen LogP contribution >= 0.6 is 0 Å². The molecular formula is C17H26O5. The molecule has 0 amide bonds. The molecule has 0 aliphatic heterocycles. The first-order valence-electron chi connectivity index (χ1n) is 8.37. The van der Waals surface area contributed by atoms with E-state index in [0.717, 1.165) is 32.1 Å². The van der Waals surface area contributed by atoms with Crippen LogP contribution in [-0.4, -0.2) is 37.4 Å². The largest absolute Gasteiger partial charge is 0.465 e. The number of rotatable bonds is 6. The molecule has 5 heteroatoms. The Morgan fingerprint density at radius 1 is 1.14 bits per heavy atom. The predicted octanol–water partition coefficient (Wildman–Crippen LogP) is 2.47. The summed E-state index contributed by atoms with van der Waals surface area (Å²) in [7, 11) is 0. The fraction of sp³-hybridized carbons (Fsp3) is 0.882. The van der Waals surface area contributed by atoms with Crippen LogP contribution in [0.5, 0.6) is 0 Å². The normalized spacial score (nSPS) is 38.8. The summed E-state index contributed by atoms with van der Waals surface area (Å²) >= 11 is 0. The lowest BCUT2D eigenvalue weighted by molar-refractivity contribution is -0.212. The molecule has 4 aliphatic rings. The second kappa shape index (κ2) is 5.84. The summed E-state index contributed by atoms with van der Waals surface area (Å²) in [4.78, 5) is 23.2. The topological polar surface area (TPSA) is 61.8 Å². The maximum Gasteiger partial charge on any atom is 0.332 e. The fourth-order valence-electron chi connectivity index (χ4n) is 5.36. The van der Waals surface area contributed by atoms with E-state index in [2.05, 4.69) is 0 Å². The highest BCUT2D eigenvalue weighted by Crippen LogP contribution is 2.62. The van der Waals surface area contributed by atoms with Gasteiger partial charge in [-0.3, -0.25) is 4.79 Å². The van der Waals surface area contributed by atoms with Gasteiger partial charge in [-0.2, -0.15) is 0 Å². The minimum atomic E-state index is -0.349. The van der Waals surface area contributed by atoms with Gasteiger partial charge in [-0.15, -0.1) is 0 Å². The first-order valence-corrected chi connectivity index (χ1v) is 8.37. The van der Waals surface area contributed by atoms with Crippen LogP contribution in [0.3, 0.4) is 0 Å². The predicted molar refractivity (Wildman–Crippen MR) is 79.1 cm³/mol. The number of carbonyl (C=O) groups excluding carboxylic acids is 2. The minimum absolute atomic E-state index is 0.0155. The van der Waals surface area contributed by atoms with E-state index < -0.39 is 0 Å². The molecule has 22 heavy (non-hydrogen) atoms. The van der Waals surface area contributed by atoms with E-state index in [4.69, 9.17) is 14.2 Å². The van der Waals surface area contributed by atoms with E-state index in [1.807, 2.05) is 6.92 Å². The van der Waals surface area contributed by atoms with Crippen LogP contribution in [0.4, 0.5) is 0 Å². The highest BCUT2D eigenvalue weighted by atomic mass is 16.6. The molecule has 2 unspecified atom stereocenters. The van der Waals surface area contributed by atoms with Crippen molar-refractivity contribution in [2.45, 2.75) is 58.0 Å². The number of hydrogen-bond acceptors (Lipinski definition) is 5. The Hall–Kier alpha value is -1.10. The Balaban J connectivity index is 1.70. The summed E-state index contributed by atoms with van der Waals surface area (Å²) in [6.45, 7) is 4.35. The molecule has 0 aromatic carbocycles. The molecule has 0 aromatic rings. The lowest BCUT2D eigenvalue weighted by Gasteiger charge is -2.60. The van der Waals surface area contributed by atoms with Crippen LogP contribution < -0.4 is 0 Å². The van der Waals surface area contributed by atoms with Crippen molar-refractivity contribution in [3.05, 3.63) is 0 Å². The van der Waals surface area contributed by atoms with Crippen molar-refractivity contribution in [1.29, 1.82) is 0 Å². The Morgan fingerprint density at radius 2 is 1.82 bits per heavy atom. The Kier molecular flexibility index (Phi) is 4.19. The number of esters is 2. The fourth-order valence-corrected chi connectivity index (χ4v) is 5.36. The maximum absolute atomic E-state index is 12.0. The van der Waals surface area contributed by atoms with Crippen molar-refractivity contribution in [2.75, 3.05) is 19.8 Å². The summed E-state index contributed by atoms with van der Waals surface area (Å²) in [5.74, 6) is 0.706. The molecule has 0 aromatic heterocycles. The van der Waals surface area contributed by atoms with Crippen molar-refractivity contribution >= 4 is 11.9 Å². The van der Waals surface area contributed by atoms with Crippen LogP contribution in [0.15, 0.2) is 0 Å². The average molecular weight is 310 g/mol. The molecule has 2 atom stereocenters. The number of hydrogen-bond donors (Lipinski definition) is 0. The average Bonchev–Trinajstić information content (AvgIpc) is 2.41. The highest BCUT2D eigenvalue weighted by Gasteiger charge is 2.59. The minimum Gasteiger partial charge on any atom is -0.465 e. The standard InChI is InChI=1S/C17H26O5/c1-3-20-9-15(19)22-17-7-13-4-14(8-17)6-16(5-13,10-17)11-21-12(2)18/h13-14H,3-11H2,1-2H3. The SMILES string of the molecule is CCOCC(=O)OC12CC3CC(CC(COC(C)=O)(C3)C1)C2. The number of carbonyl (C=O) groups is 2. The summed E-state index contributed by atoms with van der Waals surface area (Å²) in [5, 5.41) is 0. The molecule has 4 bridgehead atoms. The number of ether oxygens (including phenoxy) is 3. The van der Waals surface area contributed by atoms with Gasteiger partial charge in [-0.1, -0.05) is 0 Å². The van der Waals surface area contributed by atoms with Gasteiger partial charge in [-0.05, 0) is 57.3 Å². The molecule has 0 heterocycles.